The minimum absolute atomic E-state index is 0.0544. The first kappa shape index (κ1) is 23.6. The molecule has 0 unspecified atom stereocenters. The SMILES string of the molecule is COc1ccc(C(=O)N2CCN(C/C=C/c3ccccc3)CC2)cc1COc1ccc(C)cc1. The molecule has 1 fully saturated rings. The van der Waals surface area contributed by atoms with E-state index in [1.54, 1.807) is 7.11 Å². The second kappa shape index (κ2) is 11.5. The van der Waals surface area contributed by atoms with Gasteiger partial charge in [-0.05, 0) is 42.8 Å². The number of hydrogen-bond donors (Lipinski definition) is 0. The predicted molar refractivity (Wildman–Crippen MR) is 136 cm³/mol. The van der Waals surface area contributed by atoms with E-state index in [1.165, 1.54) is 11.1 Å². The van der Waals surface area contributed by atoms with E-state index in [-0.39, 0.29) is 5.91 Å². The van der Waals surface area contributed by atoms with Gasteiger partial charge in [-0.3, -0.25) is 9.69 Å². The summed E-state index contributed by atoms with van der Waals surface area (Å²) in [7, 11) is 1.64. The summed E-state index contributed by atoms with van der Waals surface area (Å²) in [6, 6.07) is 23.8. The third-order valence-electron chi connectivity index (χ3n) is 6.08. The highest BCUT2D eigenvalue weighted by Crippen LogP contribution is 2.23. The standard InChI is InChI=1S/C29H32N2O3/c1-23-10-13-27(14-11-23)34-22-26-21-25(12-15-28(26)33-2)29(32)31-19-17-30(18-20-31)16-6-9-24-7-4-3-5-8-24/h3-15,21H,16-20,22H2,1-2H3/b9-6+. The van der Waals surface area contributed by atoms with Gasteiger partial charge in [-0.2, -0.15) is 0 Å². The lowest BCUT2D eigenvalue weighted by Gasteiger charge is -2.34. The number of ether oxygens (including phenoxy) is 2. The van der Waals surface area contributed by atoms with Gasteiger partial charge in [0, 0.05) is 43.9 Å². The number of hydrogen-bond acceptors (Lipinski definition) is 4. The van der Waals surface area contributed by atoms with Crippen LogP contribution < -0.4 is 9.47 Å². The van der Waals surface area contributed by atoms with Crippen molar-refractivity contribution in [1.29, 1.82) is 0 Å². The number of amides is 1. The van der Waals surface area contributed by atoms with Crippen LogP contribution in [0.4, 0.5) is 0 Å². The van der Waals surface area contributed by atoms with Gasteiger partial charge in [0.2, 0.25) is 0 Å². The van der Waals surface area contributed by atoms with E-state index in [4.69, 9.17) is 9.47 Å². The molecule has 1 aliphatic rings. The number of nitrogens with zero attached hydrogens (tertiary/aromatic N) is 2. The van der Waals surface area contributed by atoms with Gasteiger partial charge in [0.15, 0.2) is 0 Å². The molecule has 1 aliphatic heterocycles. The maximum absolute atomic E-state index is 13.2. The van der Waals surface area contributed by atoms with Crippen LogP contribution in [0.15, 0.2) is 78.9 Å². The third kappa shape index (κ3) is 6.27. The maximum Gasteiger partial charge on any atom is 0.253 e. The van der Waals surface area contributed by atoms with E-state index < -0.39 is 0 Å². The molecule has 0 atom stereocenters. The van der Waals surface area contributed by atoms with Crippen molar-refractivity contribution in [2.24, 2.45) is 0 Å². The Hall–Kier alpha value is -3.57. The number of carbonyl (C=O) groups is 1. The smallest absolute Gasteiger partial charge is 0.253 e. The molecule has 5 nitrogen and oxygen atoms in total. The van der Waals surface area contributed by atoms with Crippen LogP contribution in [-0.4, -0.2) is 55.5 Å². The molecule has 3 aromatic carbocycles. The van der Waals surface area contributed by atoms with Gasteiger partial charge in [0.25, 0.3) is 5.91 Å². The van der Waals surface area contributed by atoms with E-state index in [0.29, 0.717) is 12.2 Å². The molecule has 0 radical (unpaired) electrons. The van der Waals surface area contributed by atoms with Gasteiger partial charge in [0.05, 0.1) is 7.11 Å². The van der Waals surface area contributed by atoms with Crippen LogP contribution in [0.3, 0.4) is 0 Å². The first-order valence-electron chi connectivity index (χ1n) is 11.7. The fourth-order valence-electron chi connectivity index (χ4n) is 4.04. The summed E-state index contributed by atoms with van der Waals surface area (Å²) >= 11 is 0. The molecule has 0 N–H and O–H groups in total. The Morgan fingerprint density at radius 2 is 1.68 bits per heavy atom. The van der Waals surface area contributed by atoms with Crippen LogP contribution in [0, 0.1) is 6.92 Å². The summed E-state index contributed by atoms with van der Waals surface area (Å²) in [6.45, 7) is 6.45. The third-order valence-corrected chi connectivity index (χ3v) is 6.08. The van der Waals surface area contributed by atoms with Crippen LogP contribution in [0.1, 0.15) is 27.0 Å². The molecule has 1 saturated heterocycles. The summed E-state index contributed by atoms with van der Waals surface area (Å²) in [5.41, 5.74) is 3.92. The van der Waals surface area contributed by atoms with Gasteiger partial charge in [-0.15, -0.1) is 0 Å². The van der Waals surface area contributed by atoms with Crippen molar-refractivity contribution >= 4 is 12.0 Å². The minimum Gasteiger partial charge on any atom is -0.496 e. The fraction of sp³-hybridized carbons (Fsp3) is 0.276. The van der Waals surface area contributed by atoms with E-state index in [9.17, 15) is 4.79 Å². The Labute approximate surface area is 202 Å². The number of carbonyl (C=O) groups excluding carboxylic acids is 1. The van der Waals surface area contributed by atoms with Crippen molar-refractivity contribution in [3.63, 3.8) is 0 Å². The molecular formula is C29H32N2O3. The first-order chi connectivity index (χ1) is 16.6. The number of benzene rings is 3. The highest BCUT2D eigenvalue weighted by Gasteiger charge is 2.22. The lowest BCUT2D eigenvalue weighted by Crippen LogP contribution is -2.48. The molecule has 0 bridgehead atoms. The van der Waals surface area contributed by atoms with Gasteiger partial charge in [0.1, 0.15) is 18.1 Å². The molecule has 0 saturated carbocycles. The zero-order valence-corrected chi connectivity index (χ0v) is 19.9. The van der Waals surface area contributed by atoms with Crippen molar-refractivity contribution in [1.82, 2.24) is 9.80 Å². The lowest BCUT2D eigenvalue weighted by molar-refractivity contribution is 0.0650. The number of aryl methyl sites for hydroxylation is 1. The Bertz CT molecular complexity index is 1100. The highest BCUT2D eigenvalue weighted by molar-refractivity contribution is 5.94. The zero-order valence-electron chi connectivity index (χ0n) is 19.9. The monoisotopic (exact) mass is 456 g/mol. The molecule has 4 rings (SSSR count). The second-order valence-corrected chi connectivity index (χ2v) is 8.53. The predicted octanol–water partition coefficient (Wildman–Crippen LogP) is 5.05. The molecule has 0 spiro atoms. The van der Waals surface area contributed by atoms with E-state index in [1.807, 2.05) is 72.5 Å². The Morgan fingerprint density at radius 3 is 2.38 bits per heavy atom. The summed E-state index contributed by atoms with van der Waals surface area (Å²) < 4.78 is 11.4. The summed E-state index contributed by atoms with van der Waals surface area (Å²) in [5.74, 6) is 1.57. The van der Waals surface area contributed by atoms with Gasteiger partial charge >= 0.3 is 0 Å². The van der Waals surface area contributed by atoms with Gasteiger partial charge in [-0.25, -0.2) is 0 Å². The normalized spacial score (nSPS) is 14.4. The van der Waals surface area contributed by atoms with E-state index in [2.05, 4.69) is 29.2 Å². The summed E-state index contributed by atoms with van der Waals surface area (Å²) in [5, 5.41) is 0. The molecular weight excluding hydrogens is 424 g/mol. The van der Waals surface area contributed by atoms with E-state index in [0.717, 1.165) is 49.8 Å². The van der Waals surface area contributed by atoms with Crippen LogP contribution in [0.5, 0.6) is 11.5 Å². The molecule has 1 amide bonds. The fourth-order valence-corrected chi connectivity index (χ4v) is 4.04. The Kier molecular flexibility index (Phi) is 7.99. The number of piperazine rings is 1. The first-order valence-corrected chi connectivity index (χ1v) is 11.7. The summed E-state index contributed by atoms with van der Waals surface area (Å²) in [6.07, 6.45) is 4.34. The largest absolute Gasteiger partial charge is 0.496 e. The molecule has 5 heteroatoms. The minimum atomic E-state index is 0.0544. The maximum atomic E-state index is 13.2. The quantitative estimate of drug-likeness (QED) is 0.476. The number of rotatable bonds is 8. The average Bonchev–Trinajstić information content (AvgIpc) is 2.89. The van der Waals surface area contributed by atoms with Gasteiger partial charge in [-0.1, -0.05) is 60.2 Å². The van der Waals surface area contributed by atoms with Crippen LogP contribution >= 0.6 is 0 Å². The van der Waals surface area contributed by atoms with Crippen molar-refractivity contribution in [3.05, 3.63) is 101 Å². The van der Waals surface area contributed by atoms with Crippen LogP contribution in [0.2, 0.25) is 0 Å². The van der Waals surface area contributed by atoms with Crippen LogP contribution in [0.25, 0.3) is 6.08 Å². The number of methoxy groups -OCH3 is 1. The molecule has 176 valence electrons. The molecule has 1 heterocycles. The Balaban J connectivity index is 1.33. The van der Waals surface area contributed by atoms with Crippen molar-refractivity contribution < 1.29 is 14.3 Å². The average molecular weight is 457 g/mol. The van der Waals surface area contributed by atoms with Crippen LogP contribution in [-0.2, 0) is 6.61 Å². The molecule has 0 aromatic heterocycles. The van der Waals surface area contributed by atoms with Gasteiger partial charge < -0.3 is 14.4 Å². The highest BCUT2D eigenvalue weighted by atomic mass is 16.5. The second-order valence-electron chi connectivity index (χ2n) is 8.53. The van der Waals surface area contributed by atoms with Crippen molar-refractivity contribution in [2.75, 3.05) is 39.8 Å². The van der Waals surface area contributed by atoms with Crippen molar-refractivity contribution in [3.8, 4) is 11.5 Å². The Morgan fingerprint density at radius 1 is 0.941 bits per heavy atom. The van der Waals surface area contributed by atoms with E-state index >= 15 is 0 Å². The lowest BCUT2D eigenvalue weighted by atomic mass is 10.1. The molecule has 0 aliphatic carbocycles. The molecule has 34 heavy (non-hydrogen) atoms. The zero-order chi connectivity index (χ0) is 23.8. The molecule has 3 aromatic rings. The topological polar surface area (TPSA) is 42.0 Å². The van der Waals surface area contributed by atoms with Crippen molar-refractivity contribution in [2.45, 2.75) is 13.5 Å². The summed E-state index contributed by atoms with van der Waals surface area (Å²) in [4.78, 5) is 17.5.